The SMILES string of the molecule is CC(C)CC(NC(=O)C(CO)NC(=O)C(CC(=O)O)NC(=O)C(N)CCC(=O)O)C(=O)O. The molecule has 182 valence electrons. The van der Waals surface area contributed by atoms with Gasteiger partial charge in [-0.3, -0.25) is 24.0 Å². The van der Waals surface area contributed by atoms with Gasteiger partial charge < -0.3 is 42.1 Å². The zero-order valence-corrected chi connectivity index (χ0v) is 17.7. The maximum absolute atomic E-state index is 12.4. The number of nitrogens with one attached hydrogen (secondary N) is 3. The van der Waals surface area contributed by atoms with Gasteiger partial charge in [-0.1, -0.05) is 13.8 Å². The van der Waals surface area contributed by atoms with Crippen LogP contribution in [0.3, 0.4) is 0 Å². The van der Waals surface area contributed by atoms with E-state index in [1.54, 1.807) is 13.8 Å². The van der Waals surface area contributed by atoms with Crippen molar-refractivity contribution in [2.75, 3.05) is 6.61 Å². The number of amides is 3. The first-order valence-corrected chi connectivity index (χ1v) is 9.72. The summed E-state index contributed by atoms with van der Waals surface area (Å²) in [6, 6.07) is -5.93. The van der Waals surface area contributed by atoms with Gasteiger partial charge in [-0.25, -0.2) is 4.79 Å². The lowest BCUT2D eigenvalue weighted by Gasteiger charge is -2.24. The molecule has 0 saturated heterocycles. The van der Waals surface area contributed by atoms with E-state index in [1.807, 2.05) is 0 Å². The van der Waals surface area contributed by atoms with Crippen molar-refractivity contribution in [3.8, 4) is 0 Å². The Labute approximate surface area is 183 Å². The van der Waals surface area contributed by atoms with E-state index >= 15 is 0 Å². The molecule has 0 aliphatic heterocycles. The Morgan fingerprint density at radius 2 is 1.28 bits per heavy atom. The Kier molecular flexibility index (Phi) is 12.5. The van der Waals surface area contributed by atoms with Crippen LogP contribution in [0.15, 0.2) is 0 Å². The highest BCUT2D eigenvalue weighted by Gasteiger charge is 2.31. The molecule has 0 aliphatic carbocycles. The maximum Gasteiger partial charge on any atom is 0.326 e. The molecule has 0 rings (SSSR count). The maximum atomic E-state index is 12.4. The highest BCUT2D eigenvalue weighted by molar-refractivity contribution is 5.95. The molecule has 0 spiro atoms. The third kappa shape index (κ3) is 11.2. The van der Waals surface area contributed by atoms with Crippen LogP contribution in [-0.4, -0.2) is 86.8 Å². The molecule has 0 aromatic heterocycles. The number of hydrogen-bond donors (Lipinski definition) is 8. The molecule has 0 bridgehead atoms. The van der Waals surface area contributed by atoms with Crippen molar-refractivity contribution in [3.05, 3.63) is 0 Å². The quantitative estimate of drug-likeness (QED) is 0.124. The Hall–Kier alpha value is -3.26. The highest BCUT2D eigenvalue weighted by Crippen LogP contribution is 2.06. The Morgan fingerprint density at radius 3 is 1.72 bits per heavy atom. The van der Waals surface area contributed by atoms with E-state index in [9.17, 15) is 39.0 Å². The second-order valence-electron chi connectivity index (χ2n) is 7.47. The number of aliphatic hydroxyl groups is 1. The minimum absolute atomic E-state index is 0.0824. The lowest BCUT2D eigenvalue weighted by atomic mass is 10.0. The van der Waals surface area contributed by atoms with Crippen molar-refractivity contribution in [2.45, 2.75) is 63.7 Å². The molecule has 0 heterocycles. The van der Waals surface area contributed by atoms with Gasteiger partial charge in [0, 0.05) is 6.42 Å². The van der Waals surface area contributed by atoms with Crippen LogP contribution >= 0.6 is 0 Å². The number of rotatable bonds is 15. The number of carboxylic acid groups (broad SMARTS) is 3. The fourth-order valence-corrected chi connectivity index (χ4v) is 2.50. The number of aliphatic carboxylic acids is 3. The molecule has 0 radical (unpaired) electrons. The van der Waals surface area contributed by atoms with Crippen molar-refractivity contribution in [1.29, 1.82) is 0 Å². The van der Waals surface area contributed by atoms with Crippen LogP contribution in [0, 0.1) is 5.92 Å². The molecular formula is C18H30N4O10. The van der Waals surface area contributed by atoms with Crippen LogP contribution in [0.4, 0.5) is 0 Å². The van der Waals surface area contributed by atoms with Gasteiger partial charge in [-0.05, 0) is 18.8 Å². The topological polar surface area (TPSA) is 245 Å². The van der Waals surface area contributed by atoms with Crippen molar-refractivity contribution in [1.82, 2.24) is 16.0 Å². The average molecular weight is 462 g/mol. The molecule has 3 amide bonds. The first-order valence-electron chi connectivity index (χ1n) is 9.72. The third-order valence-corrected chi connectivity index (χ3v) is 4.15. The predicted octanol–water partition coefficient (Wildman–Crippen LogP) is -2.77. The molecule has 0 aromatic rings. The van der Waals surface area contributed by atoms with E-state index in [-0.39, 0.29) is 18.8 Å². The van der Waals surface area contributed by atoms with Gasteiger partial charge in [0.1, 0.15) is 18.1 Å². The van der Waals surface area contributed by atoms with Gasteiger partial charge in [0.05, 0.1) is 19.1 Å². The molecular weight excluding hydrogens is 432 g/mol. The first kappa shape index (κ1) is 28.7. The summed E-state index contributed by atoms with van der Waals surface area (Å²) in [7, 11) is 0. The lowest BCUT2D eigenvalue weighted by Crippen LogP contribution is -2.58. The van der Waals surface area contributed by atoms with Crippen LogP contribution in [0.5, 0.6) is 0 Å². The van der Waals surface area contributed by atoms with Crippen molar-refractivity contribution >= 4 is 35.6 Å². The Bertz CT molecular complexity index is 712. The number of nitrogens with two attached hydrogens (primary N) is 1. The van der Waals surface area contributed by atoms with Gasteiger partial charge in [0.2, 0.25) is 17.7 Å². The summed E-state index contributed by atoms with van der Waals surface area (Å²) in [4.78, 5) is 69.7. The molecule has 14 nitrogen and oxygen atoms in total. The first-order chi connectivity index (χ1) is 14.8. The lowest BCUT2D eigenvalue weighted by molar-refractivity contribution is -0.144. The standard InChI is InChI=1S/C18H30N4O10/c1-8(2)5-11(18(31)32)21-17(30)12(7-23)22-16(29)10(6-14(26)27)20-15(28)9(19)3-4-13(24)25/h8-12,23H,3-7,19H2,1-2H3,(H,20,28)(H,21,30)(H,22,29)(H,24,25)(H,26,27)(H,31,32). The smallest absolute Gasteiger partial charge is 0.326 e. The minimum Gasteiger partial charge on any atom is -0.481 e. The highest BCUT2D eigenvalue weighted by atomic mass is 16.4. The molecule has 0 fully saturated rings. The number of carboxylic acids is 3. The molecule has 14 heteroatoms. The number of carbonyl (C=O) groups is 6. The predicted molar refractivity (Wildman–Crippen MR) is 107 cm³/mol. The van der Waals surface area contributed by atoms with Gasteiger partial charge in [0.15, 0.2) is 0 Å². The monoisotopic (exact) mass is 462 g/mol. The average Bonchev–Trinajstić information content (AvgIpc) is 2.67. The van der Waals surface area contributed by atoms with Crippen LogP contribution in [-0.2, 0) is 28.8 Å². The summed E-state index contributed by atoms with van der Waals surface area (Å²) in [6.45, 7) is 2.53. The van der Waals surface area contributed by atoms with Crippen LogP contribution in [0.25, 0.3) is 0 Å². The summed E-state index contributed by atoms with van der Waals surface area (Å²) in [5.41, 5.74) is 5.53. The fraction of sp³-hybridized carbons (Fsp3) is 0.667. The van der Waals surface area contributed by atoms with Crippen molar-refractivity contribution in [3.63, 3.8) is 0 Å². The van der Waals surface area contributed by atoms with Crippen molar-refractivity contribution < 1.29 is 49.2 Å². The molecule has 4 atom stereocenters. The largest absolute Gasteiger partial charge is 0.481 e. The van der Waals surface area contributed by atoms with Gasteiger partial charge in [-0.15, -0.1) is 0 Å². The number of aliphatic hydroxyl groups excluding tert-OH is 1. The fourth-order valence-electron chi connectivity index (χ4n) is 2.50. The number of hydrogen-bond acceptors (Lipinski definition) is 8. The number of carbonyl (C=O) groups excluding carboxylic acids is 3. The summed E-state index contributed by atoms with van der Waals surface area (Å²) in [6.07, 6.45) is -1.51. The van der Waals surface area contributed by atoms with E-state index in [0.717, 1.165) is 0 Å². The Morgan fingerprint density at radius 1 is 0.781 bits per heavy atom. The minimum atomic E-state index is -1.69. The summed E-state index contributed by atoms with van der Waals surface area (Å²) in [5, 5.41) is 42.6. The third-order valence-electron chi connectivity index (χ3n) is 4.15. The van der Waals surface area contributed by atoms with Crippen LogP contribution in [0.1, 0.15) is 39.5 Å². The molecule has 0 saturated carbocycles. The molecule has 4 unspecified atom stereocenters. The second kappa shape index (κ2) is 13.9. The zero-order chi connectivity index (χ0) is 25.0. The molecule has 9 N–H and O–H groups in total. The summed E-state index contributed by atoms with van der Waals surface area (Å²) >= 11 is 0. The van der Waals surface area contributed by atoms with Crippen LogP contribution < -0.4 is 21.7 Å². The van der Waals surface area contributed by atoms with Crippen LogP contribution in [0.2, 0.25) is 0 Å². The summed E-state index contributed by atoms with van der Waals surface area (Å²) < 4.78 is 0. The molecule has 0 aliphatic rings. The summed E-state index contributed by atoms with van der Waals surface area (Å²) in [5.74, 6) is -7.23. The Balaban J connectivity index is 5.24. The normalized spacial score (nSPS) is 14.5. The van der Waals surface area contributed by atoms with Gasteiger partial charge in [-0.2, -0.15) is 0 Å². The molecule has 32 heavy (non-hydrogen) atoms. The van der Waals surface area contributed by atoms with E-state index in [4.69, 9.17) is 15.9 Å². The van der Waals surface area contributed by atoms with Gasteiger partial charge in [0.25, 0.3) is 0 Å². The van der Waals surface area contributed by atoms with Gasteiger partial charge >= 0.3 is 17.9 Å². The molecule has 0 aromatic carbocycles. The van der Waals surface area contributed by atoms with E-state index in [2.05, 4.69) is 16.0 Å². The van der Waals surface area contributed by atoms with E-state index in [1.165, 1.54) is 0 Å². The zero-order valence-electron chi connectivity index (χ0n) is 17.7. The van der Waals surface area contributed by atoms with Crippen molar-refractivity contribution in [2.24, 2.45) is 11.7 Å². The van der Waals surface area contributed by atoms with E-state index < -0.39 is 79.2 Å². The van der Waals surface area contributed by atoms with E-state index in [0.29, 0.717) is 0 Å². The second-order valence-corrected chi connectivity index (χ2v) is 7.47.